The molecule has 3 N–H and O–H groups in total. The number of fused-ring (bicyclic) bond motifs is 12. The molecule has 4 aromatic heterocycles. The fraction of sp³-hybridized carbons (Fsp3) is 0.0642. The van der Waals surface area contributed by atoms with E-state index in [9.17, 15) is 59.2 Å². The molecule has 0 saturated carbocycles. The number of rotatable bonds is 19. The highest BCUT2D eigenvalue weighted by atomic mass is 127. The maximum absolute atomic E-state index is 13.9. The lowest BCUT2D eigenvalue weighted by Gasteiger charge is -2.09. The van der Waals surface area contributed by atoms with Crippen LogP contribution in [-0.2, 0) is 45.4 Å². The molecule has 4 heterocycles. The number of aromatic hydroxyl groups is 3. The zero-order valence-electron chi connectivity index (χ0n) is 71.9. The number of alkyl halides is 6. The van der Waals surface area contributed by atoms with Gasteiger partial charge in [0.15, 0.2) is 57.2 Å². The highest BCUT2D eigenvalue weighted by Crippen LogP contribution is 2.56. The Morgan fingerprint density at radius 3 is 0.757 bits per heavy atom. The first kappa shape index (κ1) is 102. The van der Waals surface area contributed by atoms with Gasteiger partial charge >= 0.3 is 12.4 Å². The first-order valence-corrected chi connectivity index (χ1v) is 56.8. The second kappa shape index (κ2) is 44.1. The van der Waals surface area contributed by atoms with Gasteiger partial charge in [-0.2, -0.15) is 26.3 Å². The van der Waals surface area contributed by atoms with E-state index in [1.165, 1.54) is 96.4 Å². The molecule has 17 aromatic carbocycles. The summed E-state index contributed by atoms with van der Waals surface area (Å²) in [7, 11) is -1.93. The van der Waals surface area contributed by atoms with Gasteiger partial charge in [-0.3, -0.25) is 0 Å². The molecule has 0 saturated heterocycles. The van der Waals surface area contributed by atoms with E-state index in [1.807, 2.05) is 130 Å². The summed E-state index contributed by atoms with van der Waals surface area (Å²) in [5.41, 5.74) is 3.08. The summed E-state index contributed by atoms with van der Waals surface area (Å²) in [5, 5.41) is 35.9. The van der Waals surface area contributed by atoms with Gasteiger partial charge in [0.05, 0.1) is 61.3 Å². The van der Waals surface area contributed by atoms with E-state index in [4.69, 9.17) is 23.7 Å². The molecule has 140 heavy (non-hydrogen) atoms. The van der Waals surface area contributed by atoms with E-state index in [2.05, 4.69) is 267 Å². The minimum Gasteiger partial charge on any atom is -0.506 e. The van der Waals surface area contributed by atoms with Crippen LogP contribution in [0.5, 0.6) is 46.0 Å². The number of phenolic OH excluding ortho intramolecular Hbond substituents is 3. The van der Waals surface area contributed by atoms with Crippen LogP contribution < -0.4 is 23.7 Å². The standard InChI is InChI=1S/C32H22I3O2S.C27H14F6I2O2S.2C25H14F2I2O2S/c33-23-5-1-21(2-6-23)19-36-26-11-15-31-29(17-26)30-18-27(37-20-22-3-7-24(34)8-4-22)12-16-32(30)38(31)28-13-9-25(35)10-14-28;28-26(29,30)15-1-7-23-19(11-15)20-12-16(27(31,32)33)2-8-24(20)38(23)18-5-3-17(4-6-18)37-13-14-9-21(34)25(36)22(35)10-14;26-15-1-7-23-20(10-15)21-11-16(27)2-8-24(21)32(23)19-5-3-18(4-6-19)31-13-14-9-17(28)12-22(29)25(14)30;26-15-1-7-23-19(11-15)20-12-16(27)2-8-24(20)32(23)18-5-3-17(4-6-18)31-13-14-9-21(28)25(30)22(29)10-14/h1-18H,19-20H2;1-12H,13H2;2*1-12H,13H2/q+1;;;/p+3. The average Bonchev–Trinajstić information content (AvgIpc) is 1.60. The first-order chi connectivity index (χ1) is 67.2. The number of ether oxygens (including phenoxy) is 5. The third-order valence-corrected chi connectivity index (χ3v) is 38.8. The summed E-state index contributed by atoms with van der Waals surface area (Å²) < 4.78 is 183. The molecule has 0 atom stereocenters. The van der Waals surface area contributed by atoms with Crippen LogP contribution >= 0.6 is 245 Å². The van der Waals surface area contributed by atoms with Gasteiger partial charge in [0, 0.05) is 145 Å². The van der Waals surface area contributed by atoms with E-state index in [1.54, 1.807) is 48.5 Å². The molecule has 21 aromatic rings. The van der Waals surface area contributed by atoms with Crippen molar-refractivity contribution in [1.29, 1.82) is 0 Å². The van der Waals surface area contributed by atoms with E-state index < -0.39 is 54.9 Å². The topological polar surface area (TPSA) is 107 Å². The molecular formula is C109H67F10I9O8S4+4. The van der Waals surface area contributed by atoms with Crippen LogP contribution in [-0.4, -0.2) is 15.3 Å². The van der Waals surface area contributed by atoms with Crippen LogP contribution in [0.4, 0.5) is 43.9 Å². The summed E-state index contributed by atoms with van der Waals surface area (Å²) in [5.74, 6) is 3.15. The van der Waals surface area contributed by atoms with Crippen molar-refractivity contribution in [3.8, 4) is 65.6 Å². The van der Waals surface area contributed by atoms with Crippen molar-refractivity contribution in [3.63, 3.8) is 0 Å². The number of thiophene rings is 4. The fourth-order valence-electron chi connectivity index (χ4n) is 15.9. The molecule has 0 aliphatic heterocycles. The number of hydrogen-bond acceptors (Lipinski definition) is 8. The van der Waals surface area contributed by atoms with Crippen LogP contribution in [0.3, 0.4) is 0 Å². The number of halogens is 19. The Kier molecular flexibility index (Phi) is 32.1. The maximum atomic E-state index is 13.9. The van der Waals surface area contributed by atoms with Gasteiger partial charge in [0.25, 0.3) is 0 Å². The molecular weight excluding hydrogens is 2900 g/mol. The Morgan fingerprint density at radius 2 is 0.450 bits per heavy atom. The third kappa shape index (κ3) is 23.2. The molecule has 0 fully saturated rings. The summed E-state index contributed by atoms with van der Waals surface area (Å²) in [6.07, 6.45) is -9.24. The van der Waals surface area contributed by atoms with E-state index in [0.29, 0.717) is 47.9 Å². The van der Waals surface area contributed by atoms with Crippen molar-refractivity contribution >= 4 is 326 Å². The lowest BCUT2D eigenvalue weighted by molar-refractivity contribution is -0.138. The van der Waals surface area contributed by atoms with Crippen LogP contribution in [0.1, 0.15) is 38.9 Å². The number of phenols is 3. The highest BCUT2D eigenvalue weighted by Gasteiger charge is 2.37. The Balaban J connectivity index is 0.000000124. The predicted molar refractivity (Wildman–Crippen MR) is 624 cm³/mol. The van der Waals surface area contributed by atoms with Crippen LogP contribution in [0.25, 0.3) is 100 Å². The molecule has 0 amide bonds. The minimum absolute atomic E-state index is 0.154. The minimum atomic E-state index is -4.62. The summed E-state index contributed by atoms with van der Waals surface area (Å²) in [6, 6.07) is 98.2. The molecule has 0 aliphatic carbocycles. The van der Waals surface area contributed by atoms with E-state index >= 15 is 0 Å². The largest absolute Gasteiger partial charge is 0.506 e. The SMILES string of the molecule is Ic1ccc(COc2ccc3c(c2)c2cc(OCc4ccc(I)cc4)ccc2[s+]3-c2ccc(I)cc2)cc1.Oc1c(I)cc(COc2ccc(-[s+]3c4ccc(C(F)(F)F)cc4c4cc(C(F)(F)F)ccc43)cc2)cc1I.Oc1c(I)cc(COc2ccc(-[s+]3c4ccc(F)cc4c4cc(F)ccc43)cc2)cc1I.Oc1c(I)cc(I)cc1COc1ccc(-[s+]2c3ccc(F)cc3c3cc(F)ccc32)cc1. The third-order valence-electron chi connectivity index (χ3n) is 22.5. The van der Waals surface area contributed by atoms with Gasteiger partial charge < -0.3 is 39.0 Å². The average molecular weight is 2970 g/mol. The lowest BCUT2D eigenvalue weighted by Crippen LogP contribution is -2.04. The van der Waals surface area contributed by atoms with Gasteiger partial charge in [0.1, 0.15) is 102 Å². The Labute approximate surface area is 929 Å². The molecule has 0 radical (unpaired) electrons. The van der Waals surface area contributed by atoms with Crippen molar-refractivity contribution in [3.05, 3.63) is 422 Å². The smallest absolute Gasteiger partial charge is 0.416 e. The summed E-state index contributed by atoms with van der Waals surface area (Å²) in [4.78, 5) is 4.17. The van der Waals surface area contributed by atoms with Crippen LogP contribution in [0, 0.1) is 55.4 Å². The molecule has 31 heteroatoms. The van der Waals surface area contributed by atoms with Gasteiger partial charge in [-0.05, 0) is 456 Å². The monoisotopic (exact) mass is 2960 g/mol. The fourth-order valence-corrected chi connectivity index (χ4v) is 32.1. The van der Waals surface area contributed by atoms with Crippen molar-refractivity contribution in [2.75, 3.05) is 0 Å². The molecule has 21 rings (SSSR count). The summed E-state index contributed by atoms with van der Waals surface area (Å²) in [6.45, 7) is 1.99. The van der Waals surface area contributed by atoms with E-state index in [-0.39, 0.29) is 75.0 Å². The molecule has 0 spiro atoms. The Bertz CT molecular complexity index is 7950. The van der Waals surface area contributed by atoms with Crippen molar-refractivity contribution in [2.24, 2.45) is 0 Å². The summed E-state index contributed by atoms with van der Waals surface area (Å²) >= 11 is 19.6. The zero-order chi connectivity index (χ0) is 98.3. The molecule has 704 valence electrons. The highest BCUT2D eigenvalue weighted by molar-refractivity contribution is 14.1. The molecule has 0 bridgehead atoms. The second-order valence-electron chi connectivity index (χ2n) is 31.8. The van der Waals surface area contributed by atoms with Crippen LogP contribution in [0.15, 0.2) is 328 Å². The second-order valence-corrected chi connectivity index (χ2v) is 50.4. The van der Waals surface area contributed by atoms with Gasteiger partial charge in [0.2, 0.25) is 0 Å². The Hall–Kier alpha value is -8.11. The predicted octanol–water partition coefficient (Wildman–Crippen LogP) is 38.0. The quantitative estimate of drug-likeness (QED) is 0.0418. The van der Waals surface area contributed by atoms with Crippen molar-refractivity contribution < 1.29 is 82.9 Å². The lowest BCUT2D eigenvalue weighted by atomic mass is 10.1. The number of benzene rings is 17. The molecule has 8 nitrogen and oxygen atoms in total. The van der Waals surface area contributed by atoms with Crippen molar-refractivity contribution in [1.82, 2.24) is 0 Å². The van der Waals surface area contributed by atoms with Crippen molar-refractivity contribution in [2.45, 2.75) is 45.4 Å². The normalized spacial score (nSPS) is 11.6. The van der Waals surface area contributed by atoms with Gasteiger partial charge in [-0.25, -0.2) is 17.6 Å². The molecule has 0 aliphatic rings. The maximum Gasteiger partial charge on any atom is 0.416 e. The molecule has 0 unspecified atom stereocenters. The first-order valence-electron chi connectivity index (χ1n) is 42.2. The van der Waals surface area contributed by atoms with Crippen LogP contribution in [0.2, 0.25) is 0 Å². The van der Waals surface area contributed by atoms with E-state index in [0.717, 1.165) is 139 Å². The Morgan fingerprint density at radius 1 is 0.214 bits per heavy atom. The van der Waals surface area contributed by atoms with Gasteiger partial charge in [-0.15, -0.1) is 0 Å². The number of hydrogen-bond donors (Lipinski definition) is 3. The van der Waals surface area contributed by atoms with Gasteiger partial charge in [-0.1, -0.05) is 24.3 Å². The zero-order valence-corrected chi connectivity index (χ0v) is 94.6.